The van der Waals surface area contributed by atoms with E-state index in [4.69, 9.17) is 10.5 Å². The van der Waals surface area contributed by atoms with Crippen LogP contribution >= 0.6 is 11.8 Å². The first kappa shape index (κ1) is 14.6. The number of thioether (sulfide) groups is 1. The summed E-state index contributed by atoms with van der Waals surface area (Å²) in [6.07, 6.45) is 0.230. The van der Waals surface area contributed by atoms with Gasteiger partial charge in [0.2, 0.25) is 0 Å². The maximum Gasteiger partial charge on any atom is 0.388 e. The molecule has 0 aliphatic heterocycles. The highest BCUT2D eigenvalue weighted by Gasteiger charge is 2.23. The number of aliphatic carboxylic acids is 1. The first-order valence-electron chi connectivity index (χ1n) is 4.15. The Morgan fingerprint density at radius 1 is 1.56 bits per heavy atom. The quantitative estimate of drug-likeness (QED) is 0.267. The lowest BCUT2D eigenvalue weighted by Crippen LogP contribution is -2.28. The molecule has 0 saturated heterocycles. The van der Waals surface area contributed by atoms with E-state index >= 15 is 0 Å². The third-order valence-electron chi connectivity index (χ3n) is 1.40. The fraction of sp³-hybridized carbons (Fsp3) is 0.500. The molecule has 0 fully saturated rings. The lowest BCUT2D eigenvalue weighted by atomic mass is 10.3. The van der Waals surface area contributed by atoms with Gasteiger partial charge in [-0.25, -0.2) is 4.79 Å². The highest BCUT2D eigenvalue weighted by Crippen LogP contribution is 2.12. The molecule has 0 spiro atoms. The van der Waals surface area contributed by atoms with Crippen LogP contribution in [-0.2, 0) is 24.2 Å². The summed E-state index contributed by atoms with van der Waals surface area (Å²) in [5.74, 6) is -1.95. The third-order valence-corrected chi connectivity index (χ3v) is 2.55. The molecule has 0 amide bonds. The number of hydrogen-bond acceptors (Lipinski definition) is 7. The van der Waals surface area contributed by atoms with E-state index < -0.39 is 22.9 Å². The molecule has 0 saturated carbocycles. The summed E-state index contributed by atoms with van der Waals surface area (Å²) in [6, 6.07) is 0. The van der Waals surface area contributed by atoms with Crippen molar-refractivity contribution in [2.45, 2.75) is 11.7 Å². The van der Waals surface area contributed by atoms with E-state index in [2.05, 4.69) is 9.78 Å². The van der Waals surface area contributed by atoms with Crippen molar-refractivity contribution in [3.05, 3.63) is 0 Å². The first-order chi connectivity index (χ1) is 7.52. The van der Waals surface area contributed by atoms with Crippen LogP contribution in [0.25, 0.3) is 0 Å². The molecule has 1 atom stereocenters. The molecule has 0 radical (unpaired) electrons. The number of carboxylic acid groups (broad SMARTS) is 1. The van der Waals surface area contributed by atoms with Gasteiger partial charge in [-0.05, 0) is 0 Å². The number of aldehydes is 1. The van der Waals surface area contributed by atoms with E-state index in [0.717, 1.165) is 18.9 Å². The Hall–Kier alpha value is -1.41. The van der Waals surface area contributed by atoms with Crippen LogP contribution in [0.15, 0.2) is 0 Å². The molecule has 0 aliphatic rings. The molecule has 0 aromatic rings. The van der Waals surface area contributed by atoms with E-state index in [1.54, 1.807) is 0 Å². The van der Waals surface area contributed by atoms with Crippen LogP contribution in [0.3, 0.4) is 0 Å². The van der Waals surface area contributed by atoms with Gasteiger partial charge in [0.1, 0.15) is 17.2 Å². The van der Waals surface area contributed by atoms with E-state index in [9.17, 15) is 14.4 Å². The normalized spacial score (nSPS) is 11.6. The van der Waals surface area contributed by atoms with Gasteiger partial charge in [-0.1, -0.05) is 0 Å². The van der Waals surface area contributed by atoms with Gasteiger partial charge in [-0.2, -0.15) is 4.89 Å². The molecule has 0 heterocycles. The van der Waals surface area contributed by atoms with E-state index in [1.165, 1.54) is 0 Å². The SMILES string of the molecule is COOC(=O)C(=N)C(C=O)SCCC(=O)O. The average Bonchev–Trinajstić information content (AvgIpc) is 2.23. The van der Waals surface area contributed by atoms with Crippen LogP contribution in [0.4, 0.5) is 0 Å². The summed E-state index contributed by atoms with van der Waals surface area (Å²) in [5.41, 5.74) is -0.577. The van der Waals surface area contributed by atoms with Crippen molar-refractivity contribution in [3.63, 3.8) is 0 Å². The number of carbonyl (C=O) groups excluding carboxylic acids is 2. The molecule has 0 aliphatic carbocycles. The Labute approximate surface area is 95.5 Å². The molecule has 0 rings (SSSR count). The minimum atomic E-state index is -1.07. The smallest absolute Gasteiger partial charge is 0.388 e. The van der Waals surface area contributed by atoms with Gasteiger partial charge < -0.3 is 9.90 Å². The van der Waals surface area contributed by atoms with Crippen molar-refractivity contribution in [1.82, 2.24) is 0 Å². The van der Waals surface area contributed by atoms with E-state index in [1.807, 2.05) is 0 Å². The number of carbonyl (C=O) groups is 3. The van der Waals surface area contributed by atoms with Crippen LogP contribution in [0.1, 0.15) is 6.42 Å². The summed E-state index contributed by atoms with van der Waals surface area (Å²) < 4.78 is 0. The zero-order valence-corrected chi connectivity index (χ0v) is 9.28. The van der Waals surface area contributed by atoms with Gasteiger partial charge in [0.15, 0.2) is 0 Å². The van der Waals surface area contributed by atoms with Crippen molar-refractivity contribution in [1.29, 1.82) is 5.41 Å². The van der Waals surface area contributed by atoms with Crippen molar-refractivity contribution < 1.29 is 29.3 Å². The maximum atomic E-state index is 11.0. The van der Waals surface area contributed by atoms with Gasteiger partial charge in [-0.3, -0.25) is 15.1 Å². The zero-order valence-electron chi connectivity index (χ0n) is 8.47. The van der Waals surface area contributed by atoms with Gasteiger partial charge in [0.05, 0.1) is 13.5 Å². The fourth-order valence-corrected chi connectivity index (χ4v) is 1.59. The summed E-state index contributed by atoms with van der Waals surface area (Å²) in [7, 11) is 1.10. The molecule has 16 heavy (non-hydrogen) atoms. The first-order valence-corrected chi connectivity index (χ1v) is 5.20. The van der Waals surface area contributed by atoms with Crippen molar-refractivity contribution in [2.75, 3.05) is 12.9 Å². The maximum absolute atomic E-state index is 11.0. The van der Waals surface area contributed by atoms with Gasteiger partial charge in [-0.15, -0.1) is 11.8 Å². The predicted molar refractivity (Wildman–Crippen MR) is 55.4 cm³/mol. The molecule has 1 unspecified atom stereocenters. The third kappa shape index (κ3) is 5.47. The topological polar surface area (TPSA) is 114 Å². The minimum absolute atomic E-state index is 0.126. The van der Waals surface area contributed by atoms with Gasteiger partial charge in [0.25, 0.3) is 0 Å². The lowest BCUT2D eigenvalue weighted by Gasteiger charge is -2.08. The Morgan fingerprint density at radius 3 is 2.62 bits per heavy atom. The van der Waals surface area contributed by atoms with Gasteiger partial charge in [0, 0.05) is 5.75 Å². The van der Waals surface area contributed by atoms with Crippen molar-refractivity contribution in [2.24, 2.45) is 0 Å². The average molecular weight is 249 g/mol. The molecular weight excluding hydrogens is 238 g/mol. The molecule has 7 nitrogen and oxygen atoms in total. The summed E-state index contributed by atoms with van der Waals surface area (Å²) in [4.78, 5) is 39.9. The van der Waals surface area contributed by atoms with Crippen LogP contribution < -0.4 is 0 Å². The molecular formula is C8H11NO6S. The Balaban J connectivity index is 4.16. The second-order valence-electron chi connectivity index (χ2n) is 2.52. The molecule has 0 bridgehead atoms. The highest BCUT2D eigenvalue weighted by atomic mass is 32.2. The van der Waals surface area contributed by atoms with Crippen molar-refractivity contribution in [3.8, 4) is 0 Å². The fourth-order valence-electron chi connectivity index (χ4n) is 0.701. The Bertz CT molecular complexity index is 292. The second kappa shape index (κ2) is 7.83. The molecule has 8 heteroatoms. The molecule has 90 valence electrons. The van der Waals surface area contributed by atoms with E-state index in [-0.39, 0.29) is 12.2 Å². The molecule has 0 aromatic heterocycles. The van der Waals surface area contributed by atoms with E-state index in [0.29, 0.717) is 6.29 Å². The lowest BCUT2D eigenvalue weighted by molar-refractivity contribution is -0.247. The van der Waals surface area contributed by atoms with Crippen LogP contribution in [-0.4, -0.2) is 47.2 Å². The minimum Gasteiger partial charge on any atom is -0.481 e. The highest BCUT2D eigenvalue weighted by molar-refractivity contribution is 8.01. The molecule has 2 N–H and O–H groups in total. The number of rotatable bonds is 8. The summed E-state index contributed by atoms with van der Waals surface area (Å²) in [6.45, 7) is 0. The Morgan fingerprint density at radius 2 is 2.19 bits per heavy atom. The van der Waals surface area contributed by atoms with Crippen LogP contribution in [0.5, 0.6) is 0 Å². The summed E-state index contributed by atoms with van der Waals surface area (Å²) in [5, 5.41) is 14.6. The zero-order chi connectivity index (χ0) is 12.6. The number of nitrogens with one attached hydrogen (secondary N) is 1. The van der Waals surface area contributed by atoms with Gasteiger partial charge >= 0.3 is 11.9 Å². The van der Waals surface area contributed by atoms with Crippen LogP contribution in [0.2, 0.25) is 0 Å². The predicted octanol–water partition coefficient (Wildman–Crippen LogP) is -0.114. The molecule has 0 aromatic carbocycles. The Kier molecular flexibility index (Phi) is 7.14. The monoisotopic (exact) mass is 249 g/mol. The standard InChI is InChI=1S/C8H11NO6S/c1-14-15-8(13)7(9)5(4-10)16-3-2-6(11)12/h4-5,9H,2-3H2,1H3,(H,11,12). The number of hydrogen-bond donors (Lipinski definition) is 2. The summed E-state index contributed by atoms with van der Waals surface area (Å²) >= 11 is 0.882. The number of carboxylic acids is 1. The largest absolute Gasteiger partial charge is 0.481 e. The van der Waals surface area contributed by atoms with Crippen molar-refractivity contribution >= 4 is 35.7 Å². The van der Waals surface area contributed by atoms with Crippen LogP contribution in [0, 0.1) is 5.41 Å². The second-order valence-corrected chi connectivity index (χ2v) is 3.77.